The Morgan fingerprint density at radius 1 is 1.50 bits per heavy atom. The van der Waals surface area contributed by atoms with Crippen LogP contribution in [0.1, 0.15) is 13.3 Å². The van der Waals surface area contributed by atoms with Crippen LogP contribution < -0.4 is 10.5 Å². The molecule has 0 unspecified atom stereocenters. The average molecular weight is 335 g/mol. The molecule has 0 saturated heterocycles. The van der Waals surface area contributed by atoms with Crippen LogP contribution in [0.4, 0.5) is 10.1 Å². The number of halogens is 2. The average Bonchev–Trinajstić information content (AvgIpc) is 2.29. The Morgan fingerprint density at radius 2 is 2.17 bits per heavy atom. The summed E-state index contributed by atoms with van der Waals surface area (Å²) in [5, 5.41) is 0. The van der Waals surface area contributed by atoms with Crippen LogP contribution in [0.5, 0.6) is 0 Å². The zero-order valence-corrected chi connectivity index (χ0v) is 12.0. The summed E-state index contributed by atoms with van der Waals surface area (Å²) in [4.78, 5) is -0.473. The fourth-order valence-electron chi connectivity index (χ4n) is 1.23. The maximum absolute atomic E-state index is 13.7. The fourth-order valence-corrected chi connectivity index (χ4v) is 3.00. The Morgan fingerprint density at radius 3 is 2.78 bits per heavy atom. The number of hydrogen-bond acceptors (Lipinski definition) is 3. The van der Waals surface area contributed by atoms with Crippen molar-refractivity contribution in [2.75, 3.05) is 12.3 Å². The van der Waals surface area contributed by atoms with Gasteiger partial charge in [0.05, 0.1) is 4.47 Å². The molecule has 0 atom stereocenters. The number of sulfonamides is 1. The molecule has 0 aliphatic rings. The van der Waals surface area contributed by atoms with Crippen molar-refractivity contribution in [3.8, 4) is 11.8 Å². The number of rotatable bonds is 4. The van der Waals surface area contributed by atoms with E-state index in [1.165, 1.54) is 6.07 Å². The lowest BCUT2D eigenvalue weighted by atomic mass is 10.3. The molecule has 0 amide bonds. The van der Waals surface area contributed by atoms with Crippen molar-refractivity contribution in [2.24, 2.45) is 0 Å². The van der Waals surface area contributed by atoms with Crippen molar-refractivity contribution in [2.45, 2.75) is 18.2 Å². The first-order valence-electron chi connectivity index (χ1n) is 5.02. The third-order valence-electron chi connectivity index (χ3n) is 2.03. The summed E-state index contributed by atoms with van der Waals surface area (Å²) in [5.74, 6) is 4.48. The third-order valence-corrected chi connectivity index (χ3v) is 4.06. The molecular formula is C11H12BrFN2O2S. The Labute approximate surface area is 114 Å². The van der Waals surface area contributed by atoms with E-state index in [2.05, 4.69) is 32.5 Å². The number of benzene rings is 1. The normalized spacial score (nSPS) is 10.8. The summed E-state index contributed by atoms with van der Waals surface area (Å²) >= 11 is 2.91. The van der Waals surface area contributed by atoms with Crippen molar-refractivity contribution >= 4 is 31.6 Å². The highest BCUT2D eigenvalue weighted by atomic mass is 79.9. The highest BCUT2D eigenvalue weighted by Gasteiger charge is 2.21. The number of anilines is 1. The van der Waals surface area contributed by atoms with Gasteiger partial charge >= 0.3 is 0 Å². The lowest BCUT2D eigenvalue weighted by Gasteiger charge is -2.08. The Bertz CT molecular complexity index is 605. The smallest absolute Gasteiger partial charge is 0.243 e. The van der Waals surface area contributed by atoms with Crippen molar-refractivity contribution in [3.63, 3.8) is 0 Å². The topological polar surface area (TPSA) is 72.2 Å². The summed E-state index contributed by atoms with van der Waals surface area (Å²) in [7, 11) is -3.92. The minimum absolute atomic E-state index is 0.0104. The lowest BCUT2D eigenvalue weighted by Crippen LogP contribution is -2.25. The van der Waals surface area contributed by atoms with Crippen LogP contribution in [-0.2, 0) is 10.0 Å². The van der Waals surface area contributed by atoms with Crippen molar-refractivity contribution in [3.05, 3.63) is 22.4 Å². The Hall–Kier alpha value is -1.10. The molecule has 0 saturated carbocycles. The second kappa shape index (κ2) is 6.18. The summed E-state index contributed by atoms with van der Waals surface area (Å²) < 4.78 is 39.7. The predicted molar refractivity (Wildman–Crippen MR) is 71.8 cm³/mol. The molecule has 0 radical (unpaired) electrons. The predicted octanol–water partition coefficient (Wildman–Crippen LogP) is 1.86. The highest BCUT2D eigenvalue weighted by Crippen LogP contribution is 2.25. The molecule has 0 aliphatic carbocycles. The minimum atomic E-state index is -3.92. The van der Waals surface area contributed by atoms with E-state index in [1.54, 1.807) is 6.92 Å². The van der Waals surface area contributed by atoms with Crippen LogP contribution in [-0.4, -0.2) is 15.0 Å². The number of nitrogen functional groups attached to an aromatic ring is 1. The second-order valence-electron chi connectivity index (χ2n) is 3.39. The molecule has 0 bridgehead atoms. The molecule has 4 nitrogen and oxygen atoms in total. The number of nitrogens with two attached hydrogens (primary N) is 1. The molecule has 18 heavy (non-hydrogen) atoms. The molecule has 7 heteroatoms. The molecule has 3 N–H and O–H groups in total. The first-order chi connectivity index (χ1) is 8.38. The van der Waals surface area contributed by atoms with E-state index in [0.717, 1.165) is 6.07 Å². The van der Waals surface area contributed by atoms with Gasteiger partial charge in [0.2, 0.25) is 10.0 Å². The van der Waals surface area contributed by atoms with E-state index < -0.39 is 20.7 Å². The molecule has 0 aromatic heterocycles. The molecule has 1 rings (SSSR count). The molecule has 0 heterocycles. The summed E-state index contributed by atoms with van der Waals surface area (Å²) in [6.07, 6.45) is 0.362. The van der Waals surface area contributed by atoms with Crippen molar-refractivity contribution < 1.29 is 12.8 Å². The van der Waals surface area contributed by atoms with E-state index in [4.69, 9.17) is 5.73 Å². The van der Waals surface area contributed by atoms with E-state index in [-0.39, 0.29) is 16.7 Å². The largest absolute Gasteiger partial charge is 0.399 e. The van der Waals surface area contributed by atoms with Gasteiger partial charge in [-0.25, -0.2) is 17.5 Å². The first kappa shape index (κ1) is 15.0. The summed E-state index contributed by atoms with van der Waals surface area (Å²) in [6, 6.07) is 2.38. The maximum Gasteiger partial charge on any atom is 0.243 e. The van der Waals surface area contributed by atoms with E-state index in [9.17, 15) is 12.8 Å². The SMILES string of the molecule is CC#CCCNS(=O)(=O)c1cc(N)cc(Br)c1F. The lowest BCUT2D eigenvalue weighted by molar-refractivity contribution is 0.555. The second-order valence-corrected chi connectivity index (χ2v) is 5.98. The van der Waals surface area contributed by atoms with Crippen LogP contribution in [0.2, 0.25) is 0 Å². The van der Waals surface area contributed by atoms with Crippen LogP contribution >= 0.6 is 15.9 Å². The third kappa shape index (κ3) is 3.70. The minimum Gasteiger partial charge on any atom is -0.399 e. The molecule has 1 aromatic carbocycles. The molecule has 0 aliphatic heterocycles. The van der Waals surface area contributed by atoms with Gasteiger partial charge in [0, 0.05) is 18.7 Å². The first-order valence-corrected chi connectivity index (χ1v) is 7.30. The summed E-state index contributed by atoms with van der Waals surface area (Å²) in [6.45, 7) is 1.78. The molecular weight excluding hydrogens is 323 g/mol. The van der Waals surface area contributed by atoms with Crippen LogP contribution in [0.3, 0.4) is 0 Å². The van der Waals surface area contributed by atoms with Crippen LogP contribution in [0, 0.1) is 17.7 Å². The van der Waals surface area contributed by atoms with Gasteiger partial charge in [-0.1, -0.05) is 0 Å². The maximum atomic E-state index is 13.7. The van der Waals surface area contributed by atoms with Crippen LogP contribution in [0.25, 0.3) is 0 Å². The standard InChI is InChI=1S/C11H12BrFN2O2S/c1-2-3-4-5-15-18(16,17)10-7-8(14)6-9(12)11(10)13/h6-7,15H,4-5,14H2,1H3. The van der Waals surface area contributed by atoms with Crippen LogP contribution in [0.15, 0.2) is 21.5 Å². The number of nitrogens with one attached hydrogen (secondary N) is 1. The van der Waals surface area contributed by atoms with Crippen molar-refractivity contribution in [1.82, 2.24) is 4.72 Å². The van der Waals surface area contributed by atoms with Gasteiger partial charge in [-0.05, 0) is 35.0 Å². The Kier molecular flexibility index (Phi) is 5.14. The Balaban J connectivity index is 3.00. The van der Waals surface area contributed by atoms with Crippen molar-refractivity contribution in [1.29, 1.82) is 0 Å². The van der Waals surface area contributed by atoms with E-state index in [1.807, 2.05) is 0 Å². The molecule has 98 valence electrons. The summed E-state index contributed by atoms with van der Waals surface area (Å²) in [5.41, 5.74) is 5.65. The quantitative estimate of drug-likeness (QED) is 0.501. The van der Waals surface area contributed by atoms with Gasteiger partial charge in [-0.3, -0.25) is 0 Å². The van der Waals surface area contributed by atoms with E-state index in [0.29, 0.717) is 6.42 Å². The number of hydrogen-bond donors (Lipinski definition) is 2. The fraction of sp³-hybridized carbons (Fsp3) is 0.273. The van der Waals surface area contributed by atoms with Gasteiger partial charge in [0.15, 0.2) is 5.82 Å². The van der Waals surface area contributed by atoms with Gasteiger partial charge in [-0.15, -0.1) is 11.8 Å². The molecule has 0 fully saturated rings. The zero-order chi connectivity index (χ0) is 13.8. The van der Waals surface area contributed by atoms with E-state index >= 15 is 0 Å². The highest BCUT2D eigenvalue weighted by molar-refractivity contribution is 9.10. The van der Waals surface area contributed by atoms with Gasteiger partial charge in [0.25, 0.3) is 0 Å². The zero-order valence-electron chi connectivity index (χ0n) is 9.63. The van der Waals surface area contributed by atoms with Gasteiger partial charge in [0.1, 0.15) is 4.90 Å². The molecule has 1 aromatic rings. The van der Waals surface area contributed by atoms with Gasteiger partial charge in [-0.2, -0.15) is 0 Å². The molecule has 0 spiro atoms. The van der Waals surface area contributed by atoms with Gasteiger partial charge < -0.3 is 5.73 Å². The monoisotopic (exact) mass is 334 g/mol.